The third-order valence-electron chi connectivity index (χ3n) is 3.81. The zero-order valence-electron chi connectivity index (χ0n) is 13.4. The molecule has 25 heavy (non-hydrogen) atoms. The molecule has 0 saturated carbocycles. The van der Waals surface area contributed by atoms with Gasteiger partial charge in [0.05, 0.1) is 7.11 Å². The van der Waals surface area contributed by atoms with Crippen molar-refractivity contribution in [1.82, 2.24) is 0 Å². The Labute approximate surface area is 152 Å². The van der Waals surface area contributed by atoms with Crippen LogP contribution in [0.3, 0.4) is 0 Å². The molecular formula is C18H15BrO6. The summed E-state index contributed by atoms with van der Waals surface area (Å²) in [6.07, 6.45) is 0. The predicted octanol–water partition coefficient (Wildman–Crippen LogP) is 2.77. The Morgan fingerprint density at radius 2 is 1.80 bits per heavy atom. The number of ether oxygens (including phenoxy) is 4. The molecule has 0 fully saturated rings. The van der Waals surface area contributed by atoms with Crippen LogP contribution in [-0.4, -0.2) is 31.2 Å². The summed E-state index contributed by atoms with van der Waals surface area (Å²) in [4.78, 5) is 24.9. The average Bonchev–Trinajstić information content (AvgIpc) is 3.13. The predicted molar refractivity (Wildman–Crippen MR) is 91.7 cm³/mol. The second-order valence-corrected chi connectivity index (χ2v) is 5.78. The second kappa shape index (κ2) is 7.14. The minimum atomic E-state index is -1.75. The molecule has 2 aromatic carbocycles. The molecule has 0 spiro atoms. The number of hydrogen-bond acceptors (Lipinski definition) is 6. The van der Waals surface area contributed by atoms with E-state index in [1.807, 2.05) is 0 Å². The maximum Gasteiger partial charge on any atom is 0.359 e. The highest BCUT2D eigenvalue weighted by Gasteiger charge is 2.48. The minimum absolute atomic E-state index is 0.0663. The zero-order chi connectivity index (χ0) is 17.9. The molecule has 1 aliphatic heterocycles. The number of benzene rings is 2. The van der Waals surface area contributed by atoms with Gasteiger partial charge in [0, 0.05) is 11.1 Å². The number of methoxy groups -OCH3 is 1. The third-order valence-corrected chi connectivity index (χ3v) is 4.27. The molecule has 3 rings (SSSR count). The number of alkyl halides is 1. The van der Waals surface area contributed by atoms with Gasteiger partial charge in [0.1, 0.15) is 5.33 Å². The fraction of sp³-hybridized carbons (Fsp3) is 0.222. The summed E-state index contributed by atoms with van der Waals surface area (Å²) in [5.41, 5.74) is -0.874. The van der Waals surface area contributed by atoms with E-state index in [-0.39, 0.29) is 12.1 Å². The Balaban J connectivity index is 2.22. The number of carbonyl (C=O) groups is 2. The van der Waals surface area contributed by atoms with Crippen molar-refractivity contribution in [1.29, 1.82) is 0 Å². The monoisotopic (exact) mass is 406 g/mol. The summed E-state index contributed by atoms with van der Waals surface area (Å²) < 4.78 is 21.3. The van der Waals surface area contributed by atoms with E-state index < -0.39 is 17.5 Å². The van der Waals surface area contributed by atoms with Crippen molar-refractivity contribution in [2.75, 3.05) is 19.2 Å². The van der Waals surface area contributed by atoms with Crippen LogP contribution < -0.4 is 9.47 Å². The summed E-state index contributed by atoms with van der Waals surface area (Å²) in [6, 6.07) is 13.6. The van der Waals surface area contributed by atoms with Gasteiger partial charge in [-0.3, -0.25) is 4.79 Å². The van der Waals surface area contributed by atoms with Crippen molar-refractivity contribution in [2.24, 2.45) is 0 Å². The van der Waals surface area contributed by atoms with Gasteiger partial charge >= 0.3 is 11.9 Å². The lowest BCUT2D eigenvalue weighted by Crippen LogP contribution is -2.43. The molecule has 1 atom stereocenters. The van der Waals surface area contributed by atoms with Gasteiger partial charge in [-0.2, -0.15) is 0 Å². The first-order valence-corrected chi connectivity index (χ1v) is 8.56. The summed E-state index contributed by atoms with van der Waals surface area (Å²) in [5.74, 6) is -0.294. The number of halogens is 1. The summed E-state index contributed by atoms with van der Waals surface area (Å²) >= 11 is 3.06. The van der Waals surface area contributed by atoms with E-state index in [0.29, 0.717) is 22.6 Å². The molecule has 0 aromatic heterocycles. The van der Waals surface area contributed by atoms with Crippen LogP contribution in [0.5, 0.6) is 11.5 Å². The van der Waals surface area contributed by atoms with Crippen LogP contribution in [0.1, 0.15) is 11.1 Å². The van der Waals surface area contributed by atoms with Crippen molar-refractivity contribution in [2.45, 2.75) is 5.60 Å². The summed E-state index contributed by atoms with van der Waals surface area (Å²) in [6.45, 7) is 0.0938. The Kier molecular flexibility index (Phi) is 4.94. The van der Waals surface area contributed by atoms with E-state index in [2.05, 4.69) is 15.9 Å². The molecule has 1 unspecified atom stereocenters. The molecule has 1 aliphatic rings. The minimum Gasteiger partial charge on any atom is -0.466 e. The second-order valence-electron chi connectivity index (χ2n) is 5.21. The number of carbonyl (C=O) groups excluding carboxylic acids is 2. The fourth-order valence-electron chi connectivity index (χ4n) is 2.69. The van der Waals surface area contributed by atoms with Crippen LogP contribution in [0.2, 0.25) is 0 Å². The summed E-state index contributed by atoms with van der Waals surface area (Å²) in [5, 5.41) is -0.0663. The zero-order valence-corrected chi connectivity index (χ0v) is 14.9. The molecule has 1 heterocycles. The molecule has 7 heteroatoms. The van der Waals surface area contributed by atoms with Gasteiger partial charge in [-0.05, 0) is 12.1 Å². The first-order valence-electron chi connectivity index (χ1n) is 7.43. The average molecular weight is 407 g/mol. The van der Waals surface area contributed by atoms with Gasteiger partial charge in [0.25, 0.3) is 5.60 Å². The van der Waals surface area contributed by atoms with Crippen molar-refractivity contribution in [3.05, 3.63) is 59.7 Å². The lowest BCUT2D eigenvalue weighted by atomic mass is 9.85. The van der Waals surface area contributed by atoms with Crippen molar-refractivity contribution in [3.8, 4) is 11.5 Å². The SMILES string of the molecule is COC(=O)C(OC(=O)CBr)(c1ccccc1)c1ccc2c(c1)OCO2. The van der Waals surface area contributed by atoms with Crippen molar-refractivity contribution < 1.29 is 28.5 Å². The van der Waals surface area contributed by atoms with Crippen LogP contribution in [0.4, 0.5) is 0 Å². The Morgan fingerprint density at radius 3 is 2.48 bits per heavy atom. The molecule has 0 aliphatic carbocycles. The topological polar surface area (TPSA) is 71.1 Å². The van der Waals surface area contributed by atoms with Gasteiger partial charge in [0.2, 0.25) is 6.79 Å². The molecule has 130 valence electrons. The fourth-order valence-corrected chi connectivity index (χ4v) is 2.81. The number of rotatable bonds is 5. The normalized spacial score (nSPS) is 14.5. The lowest BCUT2D eigenvalue weighted by Gasteiger charge is -2.31. The lowest BCUT2D eigenvalue weighted by molar-refractivity contribution is -0.175. The molecule has 0 amide bonds. The maximum absolute atomic E-state index is 12.8. The van der Waals surface area contributed by atoms with Gasteiger partial charge in [-0.15, -0.1) is 0 Å². The van der Waals surface area contributed by atoms with Crippen molar-refractivity contribution in [3.63, 3.8) is 0 Å². The molecular weight excluding hydrogens is 392 g/mol. The highest BCUT2D eigenvalue weighted by Crippen LogP contribution is 2.41. The quantitative estimate of drug-likeness (QED) is 0.561. The Bertz CT molecular complexity index is 791. The van der Waals surface area contributed by atoms with Crippen LogP contribution in [0.15, 0.2) is 48.5 Å². The van der Waals surface area contributed by atoms with Gasteiger partial charge in [0.15, 0.2) is 11.5 Å². The molecule has 2 aromatic rings. The van der Waals surface area contributed by atoms with E-state index in [1.165, 1.54) is 7.11 Å². The first kappa shape index (κ1) is 17.3. The van der Waals surface area contributed by atoms with Gasteiger partial charge in [-0.25, -0.2) is 4.79 Å². The van der Waals surface area contributed by atoms with E-state index in [1.54, 1.807) is 48.5 Å². The van der Waals surface area contributed by atoms with Crippen LogP contribution in [0, 0.1) is 0 Å². The van der Waals surface area contributed by atoms with Crippen LogP contribution in [0.25, 0.3) is 0 Å². The van der Waals surface area contributed by atoms with E-state index >= 15 is 0 Å². The van der Waals surface area contributed by atoms with Gasteiger partial charge in [-0.1, -0.05) is 52.3 Å². The third kappa shape index (κ3) is 3.07. The largest absolute Gasteiger partial charge is 0.466 e. The summed E-state index contributed by atoms with van der Waals surface area (Å²) in [7, 11) is 1.25. The number of hydrogen-bond donors (Lipinski definition) is 0. The van der Waals surface area contributed by atoms with E-state index in [9.17, 15) is 9.59 Å². The standard InChI is InChI=1S/C18H15BrO6/c1-22-17(21)18(25-16(20)10-19,12-5-3-2-4-6-12)13-7-8-14-15(9-13)24-11-23-14/h2-9H,10-11H2,1H3. The molecule has 0 bridgehead atoms. The Morgan fingerprint density at radius 1 is 1.08 bits per heavy atom. The Hall–Kier alpha value is -2.54. The van der Waals surface area contributed by atoms with E-state index in [4.69, 9.17) is 18.9 Å². The molecule has 0 N–H and O–H groups in total. The molecule has 6 nitrogen and oxygen atoms in total. The van der Waals surface area contributed by atoms with Crippen LogP contribution >= 0.6 is 15.9 Å². The van der Waals surface area contributed by atoms with E-state index in [0.717, 1.165) is 0 Å². The molecule has 0 radical (unpaired) electrons. The number of esters is 2. The smallest absolute Gasteiger partial charge is 0.359 e. The maximum atomic E-state index is 12.8. The first-order chi connectivity index (χ1) is 12.1. The number of fused-ring (bicyclic) bond motifs is 1. The van der Waals surface area contributed by atoms with Crippen LogP contribution in [-0.2, 0) is 24.7 Å². The highest BCUT2D eigenvalue weighted by molar-refractivity contribution is 9.09. The highest BCUT2D eigenvalue weighted by atomic mass is 79.9. The molecule has 0 saturated heterocycles. The van der Waals surface area contributed by atoms with Crippen molar-refractivity contribution >= 4 is 27.9 Å². The van der Waals surface area contributed by atoms with Gasteiger partial charge < -0.3 is 18.9 Å².